The molecular weight excluding hydrogens is 605 g/mol. The van der Waals surface area contributed by atoms with Crippen molar-refractivity contribution < 1.29 is 46.5 Å². The predicted octanol–water partition coefficient (Wildman–Crippen LogP) is 5.51. The van der Waals surface area contributed by atoms with E-state index in [4.69, 9.17) is 18.9 Å². The van der Waals surface area contributed by atoms with Crippen LogP contribution in [0.25, 0.3) is 0 Å². The first-order valence-electron chi connectivity index (χ1n) is 15.6. The maximum Gasteiger partial charge on any atom is 0.416 e. The third-order valence-corrected chi connectivity index (χ3v) is 9.68. The molecule has 0 aromatic heterocycles. The number of nitrogens with one attached hydrogen (secondary N) is 1. The largest absolute Gasteiger partial charge is 0.468 e. The van der Waals surface area contributed by atoms with E-state index >= 15 is 0 Å². The van der Waals surface area contributed by atoms with Crippen molar-refractivity contribution in [1.82, 2.24) is 10.2 Å². The molecule has 0 bridgehead atoms. The molecule has 1 saturated heterocycles. The number of rotatable bonds is 8. The normalized spacial score (nSPS) is 26.0. The molecule has 0 spiro atoms. The van der Waals surface area contributed by atoms with E-state index in [-0.39, 0.29) is 56.2 Å². The van der Waals surface area contributed by atoms with E-state index in [1.165, 1.54) is 19.2 Å². The van der Waals surface area contributed by atoms with Crippen LogP contribution in [0, 0.1) is 17.3 Å². The highest BCUT2D eigenvalue weighted by Crippen LogP contribution is 2.52. The summed E-state index contributed by atoms with van der Waals surface area (Å²) in [5, 5.41) is 2.65. The third-order valence-electron chi connectivity index (χ3n) is 9.68. The molecule has 4 atom stereocenters. The number of carbonyl (C=O) groups excluding carboxylic acids is 3. The Hall–Kier alpha value is -4.06. The van der Waals surface area contributed by atoms with Crippen LogP contribution in [0.1, 0.15) is 62.1 Å². The molecule has 2 aromatic carbocycles. The van der Waals surface area contributed by atoms with Crippen LogP contribution in [0.5, 0.6) is 11.5 Å². The number of piperidine rings is 1. The minimum Gasteiger partial charge on any atom is -0.468 e. The number of amides is 2. The number of benzene rings is 2. The van der Waals surface area contributed by atoms with Crippen LogP contribution in [0.3, 0.4) is 0 Å². The van der Waals surface area contributed by atoms with Crippen molar-refractivity contribution in [3.8, 4) is 11.5 Å². The Morgan fingerprint density at radius 2 is 1.83 bits per heavy atom. The molecule has 1 aliphatic carbocycles. The van der Waals surface area contributed by atoms with Gasteiger partial charge in [0.05, 0.1) is 31.4 Å². The summed E-state index contributed by atoms with van der Waals surface area (Å²) in [6.45, 7) is 1.85. The van der Waals surface area contributed by atoms with Crippen LogP contribution in [-0.2, 0) is 43.1 Å². The molecule has 2 fully saturated rings. The summed E-state index contributed by atoms with van der Waals surface area (Å²) >= 11 is 0. The number of likely N-dealkylation sites (tertiary alicyclic amines) is 1. The lowest BCUT2D eigenvalue weighted by Gasteiger charge is -2.52. The SMILES string of the molecule is COC(=O)[C@@]12C[C@H](CC(=O)NCc3cccc(C(F)(F)F)c3)C(=O)N(Cc3ccc4c(c3)OCO4)C1=C[C@@H](C1CCCC1)O[C@H]2C. The average Bonchev–Trinajstić information content (AvgIpc) is 3.74. The van der Waals surface area contributed by atoms with E-state index < -0.39 is 41.1 Å². The number of esters is 1. The van der Waals surface area contributed by atoms with Crippen LogP contribution >= 0.6 is 0 Å². The first kappa shape index (κ1) is 31.9. The zero-order valence-electron chi connectivity index (χ0n) is 25.7. The van der Waals surface area contributed by atoms with Gasteiger partial charge in [-0.25, -0.2) is 0 Å². The molecule has 2 aromatic rings. The van der Waals surface area contributed by atoms with Crippen molar-refractivity contribution in [3.63, 3.8) is 0 Å². The van der Waals surface area contributed by atoms with Crippen LogP contribution < -0.4 is 14.8 Å². The molecule has 0 unspecified atom stereocenters. The number of hydrogen-bond acceptors (Lipinski definition) is 7. The van der Waals surface area contributed by atoms with Crippen LogP contribution in [0.4, 0.5) is 13.2 Å². The Morgan fingerprint density at radius 1 is 1.07 bits per heavy atom. The number of nitrogens with zero attached hydrogens (tertiary/aromatic N) is 1. The molecule has 1 N–H and O–H groups in total. The molecular formula is C34H37F3N2O7. The molecule has 4 aliphatic rings. The maximum absolute atomic E-state index is 14.3. The van der Waals surface area contributed by atoms with E-state index in [9.17, 15) is 27.6 Å². The Kier molecular flexibility index (Phi) is 8.75. The van der Waals surface area contributed by atoms with Crippen LogP contribution in [0.2, 0.25) is 0 Å². The monoisotopic (exact) mass is 642 g/mol. The second kappa shape index (κ2) is 12.6. The second-order valence-corrected chi connectivity index (χ2v) is 12.5. The number of halogens is 3. The van der Waals surface area contributed by atoms with E-state index in [2.05, 4.69) is 5.32 Å². The van der Waals surface area contributed by atoms with E-state index in [1.807, 2.05) is 19.1 Å². The predicted molar refractivity (Wildman–Crippen MR) is 158 cm³/mol. The molecule has 246 valence electrons. The topological polar surface area (TPSA) is 103 Å². The van der Waals surface area contributed by atoms with Crippen molar-refractivity contribution in [2.24, 2.45) is 17.3 Å². The van der Waals surface area contributed by atoms with Gasteiger partial charge in [0.2, 0.25) is 18.6 Å². The number of fused-ring (bicyclic) bond motifs is 2. The van der Waals surface area contributed by atoms with Gasteiger partial charge in [-0.3, -0.25) is 14.4 Å². The minimum absolute atomic E-state index is 0.0164. The lowest BCUT2D eigenvalue weighted by molar-refractivity contribution is -0.178. The quantitative estimate of drug-likeness (QED) is 0.379. The number of alkyl halides is 3. The van der Waals surface area contributed by atoms with Crippen molar-refractivity contribution >= 4 is 17.8 Å². The fraction of sp³-hybridized carbons (Fsp3) is 0.500. The minimum atomic E-state index is -4.51. The summed E-state index contributed by atoms with van der Waals surface area (Å²) in [7, 11) is 1.29. The highest BCUT2D eigenvalue weighted by molar-refractivity contribution is 5.92. The van der Waals surface area contributed by atoms with Gasteiger partial charge < -0.3 is 29.2 Å². The highest BCUT2D eigenvalue weighted by atomic mass is 19.4. The summed E-state index contributed by atoms with van der Waals surface area (Å²) in [5.74, 6) is -0.962. The third kappa shape index (κ3) is 6.06. The lowest BCUT2D eigenvalue weighted by Crippen LogP contribution is -2.60. The molecule has 6 rings (SSSR count). The van der Waals surface area contributed by atoms with Gasteiger partial charge in [-0.15, -0.1) is 0 Å². The van der Waals surface area contributed by atoms with E-state index in [0.29, 0.717) is 17.2 Å². The number of methoxy groups -OCH3 is 1. The zero-order chi connectivity index (χ0) is 32.6. The van der Waals surface area contributed by atoms with E-state index in [1.54, 1.807) is 17.0 Å². The van der Waals surface area contributed by atoms with Crippen LogP contribution in [0.15, 0.2) is 54.2 Å². The van der Waals surface area contributed by atoms with Gasteiger partial charge in [0.15, 0.2) is 11.5 Å². The summed E-state index contributed by atoms with van der Waals surface area (Å²) in [6.07, 6.45) is 0.286. The highest BCUT2D eigenvalue weighted by Gasteiger charge is 2.60. The van der Waals surface area contributed by atoms with Crippen molar-refractivity contribution in [2.45, 2.75) is 76.9 Å². The van der Waals surface area contributed by atoms with Gasteiger partial charge in [-0.2, -0.15) is 13.2 Å². The summed E-state index contributed by atoms with van der Waals surface area (Å²) in [4.78, 5) is 42.9. The van der Waals surface area contributed by atoms with Gasteiger partial charge in [0, 0.05) is 24.6 Å². The molecule has 0 radical (unpaired) electrons. The van der Waals surface area contributed by atoms with Gasteiger partial charge in [-0.1, -0.05) is 31.0 Å². The molecule has 3 aliphatic heterocycles. The molecule has 2 amide bonds. The van der Waals surface area contributed by atoms with Gasteiger partial charge >= 0.3 is 12.1 Å². The number of hydrogen-bond donors (Lipinski definition) is 1. The Labute approximate surface area is 265 Å². The standard InChI is InChI=1S/C34H37F3N2O7/c1-20-33(32(42)43-2)16-24(14-30(40)38-17-21-6-5-9-25(12-21)34(35,36)37)31(41)39(18-22-10-11-26-28(13-22)45-19-44-26)29(33)15-27(46-20)23-7-3-4-8-23/h5-6,9-13,15,20,23-24,27H,3-4,7-8,14,16-19H2,1-2H3,(H,38,40)/t20-,24-,27-,33+/m0/s1. The molecule has 1 saturated carbocycles. The average molecular weight is 643 g/mol. The Balaban J connectivity index is 1.30. The Bertz CT molecular complexity index is 1540. The summed E-state index contributed by atoms with van der Waals surface area (Å²) in [5.41, 5.74) is -0.657. The molecule has 46 heavy (non-hydrogen) atoms. The van der Waals surface area contributed by atoms with Crippen molar-refractivity contribution in [2.75, 3.05) is 13.9 Å². The smallest absolute Gasteiger partial charge is 0.416 e. The zero-order valence-corrected chi connectivity index (χ0v) is 25.7. The molecule has 12 heteroatoms. The second-order valence-electron chi connectivity index (χ2n) is 12.5. The van der Waals surface area contributed by atoms with E-state index in [0.717, 1.165) is 43.4 Å². The van der Waals surface area contributed by atoms with Crippen molar-refractivity contribution in [3.05, 3.63) is 70.9 Å². The van der Waals surface area contributed by atoms with Gasteiger partial charge in [-0.05, 0) is 73.6 Å². The van der Waals surface area contributed by atoms with Gasteiger partial charge in [0.25, 0.3) is 0 Å². The number of carbonyl (C=O) groups is 3. The number of ether oxygens (including phenoxy) is 4. The molecule has 9 nitrogen and oxygen atoms in total. The summed E-state index contributed by atoms with van der Waals surface area (Å²) in [6, 6.07) is 10.1. The Morgan fingerprint density at radius 3 is 2.57 bits per heavy atom. The van der Waals surface area contributed by atoms with Gasteiger partial charge in [0.1, 0.15) is 5.41 Å². The first-order valence-corrected chi connectivity index (χ1v) is 15.6. The fourth-order valence-corrected chi connectivity index (χ4v) is 7.29. The van der Waals surface area contributed by atoms with Crippen LogP contribution in [-0.4, -0.2) is 48.8 Å². The van der Waals surface area contributed by atoms with Crippen molar-refractivity contribution in [1.29, 1.82) is 0 Å². The first-order chi connectivity index (χ1) is 22.0. The fourth-order valence-electron chi connectivity index (χ4n) is 7.29. The maximum atomic E-state index is 14.3. The summed E-state index contributed by atoms with van der Waals surface area (Å²) < 4.78 is 62.4. The molecule has 3 heterocycles. The lowest BCUT2D eigenvalue weighted by atomic mass is 9.66.